The smallest absolute Gasteiger partial charge is 0.273 e. The van der Waals surface area contributed by atoms with E-state index in [0.717, 1.165) is 0 Å². The second-order valence-electron chi connectivity index (χ2n) is 4.61. The van der Waals surface area contributed by atoms with Crippen molar-refractivity contribution in [3.05, 3.63) is 57.0 Å². The maximum Gasteiger partial charge on any atom is 0.273 e. The summed E-state index contributed by atoms with van der Waals surface area (Å²) in [6.45, 7) is 0. The lowest BCUT2D eigenvalue weighted by Gasteiger charge is -2.13. The number of hydrogen-bond donors (Lipinski definition) is 2. The molecule has 0 bridgehead atoms. The molecule has 0 spiro atoms. The zero-order chi connectivity index (χ0) is 17.7. The van der Waals surface area contributed by atoms with Gasteiger partial charge in [-0.25, -0.2) is 0 Å². The lowest BCUT2D eigenvalue weighted by molar-refractivity contribution is 0.0844. The normalized spacial score (nSPS) is 10.0. The van der Waals surface area contributed by atoms with E-state index in [2.05, 4.69) is 26.8 Å². The molecule has 6 nitrogen and oxygen atoms in total. The molecule has 0 fully saturated rings. The number of hydrogen-bond acceptors (Lipinski definition) is 4. The molecule has 2 aromatic carbocycles. The standard InChI is InChI=1S/C16H14BrClN2O4/c1-23-11-7-12(14(24-2)13(17)8-11)16(22)20-19-15(21)9-3-5-10(18)6-4-9/h3-8H,1-2H3,(H,19,21)(H,20,22). The van der Waals surface area contributed by atoms with E-state index in [1.165, 1.54) is 20.3 Å². The van der Waals surface area contributed by atoms with E-state index in [-0.39, 0.29) is 5.56 Å². The molecule has 0 aliphatic rings. The highest BCUT2D eigenvalue weighted by atomic mass is 79.9. The predicted octanol–water partition coefficient (Wildman–Crippen LogP) is 3.19. The molecule has 0 saturated heterocycles. The summed E-state index contributed by atoms with van der Waals surface area (Å²) in [5.74, 6) is -0.222. The maximum atomic E-state index is 12.3. The summed E-state index contributed by atoms with van der Waals surface area (Å²) in [6.07, 6.45) is 0. The van der Waals surface area contributed by atoms with Crippen LogP contribution in [0.5, 0.6) is 11.5 Å². The topological polar surface area (TPSA) is 76.7 Å². The molecule has 0 atom stereocenters. The Morgan fingerprint density at radius 3 is 2.21 bits per heavy atom. The quantitative estimate of drug-likeness (QED) is 0.755. The van der Waals surface area contributed by atoms with Crippen molar-refractivity contribution < 1.29 is 19.1 Å². The number of amides is 2. The van der Waals surface area contributed by atoms with E-state index in [4.69, 9.17) is 21.1 Å². The minimum atomic E-state index is -0.547. The van der Waals surface area contributed by atoms with Crippen LogP contribution in [0.15, 0.2) is 40.9 Å². The molecule has 2 N–H and O–H groups in total. The van der Waals surface area contributed by atoms with Crippen LogP contribution in [0.1, 0.15) is 20.7 Å². The second kappa shape index (κ2) is 8.03. The van der Waals surface area contributed by atoms with Crippen molar-refractivity contribution in [2.24, 2.45) is 0 Å². The molecule has 2 amide bonds. The van der Waals surface area contributed by atoms with Gasteiger partial charge in [0.15, 0.2) is 0 Å². The van der Waals surface area contributed by atoms with Crippen molar-refractivity contribution in [3.63, 3.8) is 0 Å². The average Bonchev–Trinajstić information content (AvgIpc) is 2.59. The molecule has 0 unspecified atom stereocenters. The van der Waals surface area contributed by atoms with Crippen LogP contribution >= 0.6 is 27.5 Å². The first-order valence-corrected chi connectivity index (χ1v) is 7.91. The highest BCUT2D eigenvalue weighted by Gasteiger charge is 2.18. The Bertz CT molecular complexity index is 765. The van der Waals surface area contributed by atoms with Crippen LogP contribution in [0.25, 0.3) is 0 Å². The van der Waals surface area contributed by atoms with Gasteiger partial charge in [-0.3, -0.25) is 20.4 Å². The van der Waals surface area contributed by atoms with Gasteiger partial charge in [-0.05, 0) is 52.3 Å². The Hall–Kier alpha value is -2.25. The lowest BCUT2D eigenvalue weighted by atomic mass is 10.2. The number of benzene rings is 2. The fourth-order valence-corrected chi connectivity index (χ4v) is 2.64. The molecule has 2 aromatic rings. The Kier molecular flexibility index (Phi) is 6.05. The van der Waals surface area contributed by atoms with E-state index >= 15 is 0 Å². The summed E-state index contributed by atoms with van der Waals surface area (Å²) in [5, 5.41) is 0.515. The van der Waals surface area contributed by atoms with Gasteiger partial charge in [0.1, 0.15) is 11.5 Å². The summed E-state index contributed by atoms with van der Waals surface area (Å²) in [4.78, 5) is 24.3. The molecule has 0 saturated carbocycles. The molecular weight excluding hydrogens is 400 g/mol. The molecule has 0 aromatic heterocycles. The monoisotopic (exact) mass is 412 g/mol. The molecule has 8 heteroatoms. The Morgan fingerprint density at radius 2 is 1.62 bits per heavy atom. The molecule has 0 aliphatic heterocycles. The highest BCUT2D eigenvalue weighted by Crippen LogP contribution is 2.33. The van der Waals surface area contributed by atoms with Crippen LogP contribution in [0, 0.1) is 0 Å². The van der Waals surface area contributed by atoms with Gasteiger partial charge in [-0.1, -0.05) is 11.6 Å². The van der Waals surface area contributed by atoms with Gasteiger partial charge in [0.05, 0.1) is 24.3 Å². The van der Waals surface area contributed by atoms with Gasteiger partial charge >= 0.3 is 0 Å². The molecule has 126 valence electrons. The molecule has 0 radical (unpaired) electrons. The SMILES string of the molecule is COc1cc(Br)c(OC)c(C(=O)NNC(=O)c2ccc(Cl)cc2)c1. The fourth-order valence-electron chi connectivity index (χ4n) is 1.92. The number of rotatable bonds is 4. The van der Waals surface area contributed by atoms with Crippen molar-refractivity contribution in [2.45, 2.75) is 0 Å². The average molecular weight is 414 g/mol. The molecule has 24 heavy (non-hydrogen) atoms. The zero-order valence-corrected chi connectivity index (χ0v) is 15.2. The number of nitrogens with one attached hydrogen (secondary N) is 2. The highest BCUT2D eigenvalue weighted by molar-refractivity contribution is 9.10. The van der Waals surface area contributed by atoms with Crippen molar-refractivity contribution in [1.29, 1.82) is 0 Å². The first-order chi connectivity index (χ1) is 11.5. The minimum Gasteiger partial charge on any atom is -0.497 e. The number of carbonyl (C=O) groups excluding carboxylic acids is 2. The lowest BCUT2D eigenvalue weighted by Crippen LogP contribution is -2.41. The van der Waals surface area contributed by atoms with E-state index in [9.17, 15) is 9.59 Å². The summed E-state index contributed by atoms with van der Waals surface area (Å²) < 4.78 is 10.9. The third kappa shape index (κ3) is 4.18. The number of methoxy groups -OCH3 is 2. The van der Waals surface area contributed by atoms with Crippen LogP contribution in [0.4, 0.5) is 0 Å². The summed E-state index contributed by atoms with van der Waals surface area (Å²) in [6, 6.07) is 9.44. The van der Waals surface area contributed by atoms with Gasteiger partial charge in [-0.2, -0.15) is 0 Å². The third-order valence-electron chi connectivity index (χ3n) is 3.10. The summed E-state index contributed by atoms with van der Waals surface area (Å²) >= 11 is 9.07. The Morgan fingerprint density at radius 1 is 1.00 bits per heavy atom. The fraction of sp³-hybridized carbons (Fsp3) is 0.125. The number of ether oxygens (including phenoxy) is 2. The van der Waals surface area contributed by atoms with Gasteiger partial charge in [0.25, 0.3) is 11.8 Å². The van der Waals surface area contributed by atoms with Crippen molar-refractivity contribution in [3.8, 4) is 11.5 Å². The Labute approximate surface area is 152 Å². The van der Waals surface area contributed by atoms with E-state index < -0.39 is 11.8 Å². The summed E-state index contributed by atoms with van der Waals surface area (Å²) in [7, 11) is 2.92. The van der Waals surface area contributed by atoms with Crippen LogP contribution < -0.4 is 20.3 Å². The minimum absolute atomic E-state index is 0.208. The van der Waals surface area contributed by atoms with Gasteiger partial charge in [0, 0.05) is 10.6 Å². The van der Waals surface area contributed by atoms with Gasteiger partial charge in [0.2, 0.25) is 0 Å². The first kappa shape index (κ1) is 18.1. The summed E-state index contributed by atoms with van der Waals surface area (Å²) in [5.41, 5.74) is 5.24. The number of carbonyl (C=O) groups is 2. The first-order valence-electron chi connectivity index (χ1n) is 6.74. The van der Waals surface area contributed by atoms with E-state index in [0.29, 0.717) is 26.6 Å². The predicted molar refractivity (Wildman–Crippen MR) is 93.6 cm³/mol. The van der Waals surface area contributed by atoms with Gasteiger partial charge < -0.3 is 9.47 Å². The van der Waals surface area contributed by atoms with Gasteiger partial charge in [-0.15, -0.1) is 0 Å². The Balaban J connectivity index is 2.13. The number of hydrazine groups is 1. The number of halogens is 2. The van der Waals surface area contributed by atoms with Crippen molar-refractivity contribution >= 4 is 39.3 Å². The largest absolute Gasteiger partial charge is 0.497 e. The van der Waals surface area contributed by atoms with Crippen LogP contribution in [0.3, 0.4) is 0 Å². The molecular formula is C16H14BrClN2O4. The second-order valence-corrected chi connectivity index (χ2v) is 5.90. The van der Waals surface area contributed by atoms with Crippen LogP contribution in [-0.2, 0) is 0 Å². The molecule has 2 rings (SSSR count). The molecule has 0 aliphatic carbocycles. The van der Waals surface area contributed by atoms with Crippen molar-refractivity contribution in [1.82, 2.24) is 10.9 Å². The van der Waals surface area contributed by atoms with Crippen LogP contribution in [-0.4, -0.2) is 26.0 Å². The maximum absolute atomic E-state index is 12.3. The third-order valence-corrected chi connectivity index (χ3v) is 3.94. The van der Waals surface area contributed by atoms with Crippen molar-refractivity contribution in [2.75, 3.05) is 14.2 Å². The molecule has 0 heterocycles. The zero-order valence-electron chi connectivity index (χ0n) is 12.9. The van der Waals surface area contributed by atoms with Crippen LogP contribution in [0.2, 0.25) is 5.02 Å². The van der Waals surface area contributed by atoms with E-state index in [1.54, 1.807) is 30.3 Å². The van der Waals surface area contributed by atoms with E-state index in [1.807, 2.05) is 0 Å².